The average Bonchev–Trinajstić information content (AvgIpc) is 2.33. The molecule has 13 heavy (non-hydrogen) atoms. The van der Waals surface area contributed by atoms with E-state index < -0.39 is 10.0 Å². The summed E-state index contributed by atoms with van der Waals surface area (Å²) in [5.41, 5.74) is 0. The zero-order valence-corrected chi connectivity index (χ0v) is 8.59. The minimum Gasteiger partial charge on any atom is -0.263 e. The molecule has 0 aliphatic carbocycles. The van der Waals surface area contributed by atoms with Crippen LogP contribution in [0.4, 0.5) is 0 Å². The summed E-state index contributed by atoms with van der Waals surface area (Å²) in [6, 6.07) is 0. The zero-order chi connectivity index (χ0) is 10.1. The minimum atomic E-state index is -3.15. The van der Waals surface area contributed by atoms with Crippen molar-refractivity contribution in [2.75, 3.05) is 13.3 Å². The number of H-pyrrole nitrogens is 1. The first kappa shape index (κ1) is 10.1. The van der Waals surface area contributed by atoms with Crippen molar-refractivity contribution in [2.24, 2.45) is 0 Å². The molecule has 1 N–H and O–H groups in total. The zero-order valence-electron chi connectivity index (χ0n) is 7.77. The van der Waals surface area contributed by atoms with Crippen molar-refractivity contribution < 1.29 is 8.42 Å². The molecular weight excluding hydrogens is 192 g/mol. The highest BCUT2D eigenvalue weighted by Crippen LogP contribution is 2.00. The Bertz CT molecular complexity index is 383. The average molecular weight is 204 g/mol. The van der Waals surface area contributed by atoms with Gasteiger partial charge in [0.1, 0.15) is 5.82 Å². The summed E-state index contributed by atoms with van der Waals surface area (Å²) in [5, 5.41) is 6.47. The number of rotatable bonds is 3. The Balaban J connectivity index is 2.71. The van der Waals surface area contributed by atoms with Crippen LogP contribution in [0.2, 0.25) is 0 Å². The molecule has 1 rings (SSSR count). The molecule has 0 saturated heterocycles. The van der Waals surface area contributed by atoms with Crippen LogP contribution in [0.5, 0.6) is 0 Å². The number of hydrogen-bond donors (Lipinski definition) is 1. The lowest BCUT2D eigenvalue weighted by atomic mass is 10.6. The number of aryl methyl sites for hydroxylation is 1. The molecule has 1 heterocycles. The third-order valence-corrected chi connectivity index (χ3v) is 2.84. The third-order valence-electron chi connectivity index (χ3n) is 1.57. The lowest BCUT2D eigenvalue weighted by molar-refractivity contribution is 0.462. The standard InChI is InChI=1S/C6H12N4O2S/c1-5-7-6(9-8-5)4-10(2)13(3,11)12/h4H2,1-3H3,(H,7,8,9). The smallest absolute Gasteiger partial charge is 0.211 e. The van der Waals surface area contributed by atoms with Crippen molar-refractivity contribution in [3.8, 4) is 0 Å². The van der Waals surface area contributed by atoms with Gasteiger partial charge in [-0.3, -0.25) is 5.10 Å². The van der Waals surface area contributed by atoms with Crippen molar-refractivity contribution in [3.63, 3.8) is 0 Å². The first-order valence-corrected chi connectivity index (χ1v) is 5.53. The van der Waals surface area contributed by atoms with E-state index in [9.17, 15) is 8.42 Å². The van der Waals surface area contributed by atoms with E-state index in [1.807, 2.05) is 0 Å². The fraction of sp³-hybridized carbons (Fsp3) is 0.667. The lowest BCUT2D eigenvalue weighted by Gasteiger charge is -2.10. The fourth-order valence-corrected chi connectivity index (χ4v) is 1.13. The lowest BCUT2D eigenvalue weighted by Crippen LogP contribution is -2.25. The quantitative estimate of drug-likeness (QED) is 0.720. The highest BCUT2D eigenvalue weighted by Gasteiger charge is 2.13. The predicted molar refractivity (Wildman–Crippen MR) is 47.4 cm³/mol. The largest absolute Gasteiger partial charge is 0.263 e. The van der Waals surface area contributed by atoms with E-state index in [0.717, 1.165) is 6.26 Å². The van der Waals surface area contributed by atoms with Gasteiger partial charge in [-0.25, -0.2) is 13.4 Å². The van der Waals surface area contributed by atoms with E-state index >= 15 is 0 Å². The van der Waals surface area contributed by atoms with Gasteiger partial charge in [0.2, 0.25) is 10.0 Å². The van der Waals surface area contributed by atoms with Crippen LogP contribution in [-0.2, 0) is 16.6 Å². The number of sulfonamides is 1. The maximum Gasteiger partial charge on any atom is 0.211 e. The van der Waals surface area contributed by atoms with Crippen molar-refractivity contribution in [3.05, 3.63) is 11.6 Å². The number of nitrogens with zero attached hydrogens (tertiary/aromatic N) is 3. The van der Waals surface area contributed by atoms with Gasteiger partial charge in [0.05, 0.1) is 12.8 Å². The van der Waals surface area contributed by atoms with Crippen molar-refractivity contribution in [1.82, 2.24) is 19.5 Å². The highest BCUT2D eigenvalue weighted by atomic mass is 32.2. The van der Waals surface area contributed by atoms with Crippen molar-refractivity contribution >= 4 is 10.0 Å². The first-order valence-electron chi connectivity index (χ1n) is 3.69. The van der Waals surface area contributed by atoms with Crippen LogP contribution in [0.3, 0.4) is 0 Å². The van der Waals surface area contributed by atoms with E-state index in [-0.39, 0.29) is 6.54 Å². The van der Waals surface area contributed by atoms with Crippen LogP contribution < -0.4 is 0 Å². The Morgan fingerprint density at radius 2 is 2.15 bits per heavy atom. The third kappa shape index (κ3) is 2.78. The fourth-order valence-electron chi connectivity index (χ4n) is 0.776. The van der Waals surface area contributed by atoms with Crippen LogP contribution in [-0.4, -0.2) is 41.2 Å². The van der Waals surface area contributed by atoms with Gasteiger partial charge >= 0.3 is 0 Å². The summed E-state index contributed by atoms with van der Waals surface area (Å²) < 4.78 is 23.2. The molecule has 0 aliphatic rings. The molecule has 0 aromatic carbocycles. The highest BCUT2D eigenvalue weighted by molar-refractivity contribution is 7.88. The monoisotopic (exact) mass is 204 g/mol. The summed E-state index contributed by atoms with van der Waals surface area (Å²) in [4.78, 5) is 3.99. The van der Waals surface area contributed by atoms with E-state index in [2.05, 4.69) is 15.2 Å². The van der Waals surface area contributed by atoms with Crippen LogP contribution in [0.15, 0.2) is 0 Å². The molecule has 0 unspecified atom stereocenters. The number of hydrogen-bond acceptors (Lipinski definition) is 4. The van der Waals surface area contributed by atoms with Crippen LogP contribution in [0.25, 0.3) is 0 Å². The Kier molecular flexibility index (Phi) is 2.67. The van der Waals surface area contributed by atoms with E-state index in [1.165, 1.54) is 11.4 Å². The second-order valence-corrected chi connectivity index (χ2v) is 4.95. The molecule has 1 aromatic rings. The van der Waals surface area contributed by atoms with Crippen LogP contribution in [0, 0.1) is 6.92 Å². The molecule has 0 atom stereocenters. The van der Waals surface area contributed by atoms with Crippen molar-refractivity contribution in [2.45, 2.75) is 13.5 Å². The molecule has 0 amide bonds. The van der Waals surface area contributed by atoms with Gasteiger partial charge in [-0.1, -0.05) is 0 Å². The molecule has 0 saturated carbocycles. The second kappa shape index (κ2) is 3.43. The number of aromatic nitrogens is 3. The SMILES string of the molecule is Cc1nc(CN(C)S(C)(=O)=O)n[nH]1. The predicted octanol–water partition coefficient (Wildman–Crippen LogP) is -0.495. The molecule has 0 bridgehead atoms. The van der Waals surface area contributed by atoms with E-state index in [4.69, 9.17) is 0 Å². The van der Waals surface area contributed by atoms with Gasteiger partial charge in [-0.15, -0.1) is 0 Å². The van der Waals surface area contributed by atoms with Gasteiger partial charge in [0.25, 0.3) is 0 Å². The van der Waals surface area contributed by atoms with Gasteiger partial charge in [-0.2, -0.15) is 9.40 Å². The van der Waals surface area contributed by atoms with Gasteiger partial charge in [0, 0.05) is 7.05 Å². The molecule has 1 aromatic heterocycles. The molecule has 6 nitrogen and oxygen atoms in total. The van der Waals surface area contributed by atoms with Crippen molar-refractivity contribution in [1.29, 1.82) is 0 Å². The summed E-state index contributed by atoms with van der Waals surface area (Å²) >= 11 is 0. The van der Waals surface area contributed by atoms with Gasteiger partial charge in [0.15, 0.2) is 5.82 Å². The van der Waals surface area contributed by atoms with Gasteiger partial charge in [-0.05, 0) is 6.92 Å². The summed E-state index contributed by atoms with van der Waals surface area (Å²) in [6.07, 6.45) is 1.15. The minimum absolute atomic E-state index is 0.198. The Labute approximate surface area is 77.0 Å². The molecule has 0 aliphatic heterocycles. The number of aromatic amines is 1. The molecular formula is C6H12N4O2S. The normalized spacial score (nSPS) is 12.3. The van der Waals surface area contributed by atoms with Crippen LogP contribution >= 0.6 is 0 Å². The summed E-state index contributed by atoms with van der Waals surface area (Å²) in [7, 11) is -1.67. The Morgan fingerprint density at radius 1 is 1.54 bits per heavy atom. The maximum absolute atomic E-state index is 11.0. The molecule has 0 spiro atoms. The van der Waals surface area contributed by atoms with Gasteiger partial charge < -0.3 is 0 Å². The molecule has 7 heteroatoms. The molecule has 0 fully saturated rings. The molecule has 74 valence electrons. The second-order valence-electron chi connectivity index (χ2n) is 2.86. The Morgan fingerprint density at radius 3 is 2.54 bits per heavy atom. The number of nitrogens with one attached hydrogen (secondary N) is 1. The van der Waals surface area contributed by atoms with E-state index in [1.54, 1.807) is 6.92 Å². The Hall–Kier alpha value is -0.950. The topological polar surface area (TPSA) is 79.0 Å². The first-order chi connectivity index (χ1) is 5.89. The maximum atomic E-state index is 11.0. The van der Waals surface area contributed by atoms with E-state index in [0.29, 0.717) is 11.6 Å². The summed E-state index contributed by atoms with van der Waals surface area (Å²) in [6.45, 7) is 1.96. The van der Waals surface area contributed by atoms with Crippen LogP contribution in [0.1, 0.15) is 11.6 Å². The summed E-state index contributed by atoms with van der Waals surface area (Å²) in [5.74, 6) is 1.15. The molecule has 0 radical (unpaired) electrons.